The summed E-state index contributed by atoms with van der Waals surface area (Å²) >= 11 is 0. The summed E-state index contributed by atoms with van der Waals surface area (Å²) < 4.78 is 1.93. The van der Waals surface area contributed by atoms with Gasteiger partial charge in [0.05, 0.1) is 12.7 Å². The Bertz CT molecular complexity index is 567. The first-order valence-electron chi connectivity index (χ1n) is 7.39. The SMILES string of the molecule is CCCn1ncnc1CN1CCC[C@](O)(c2cn[nH]n2)C1. The second kappa shape index (κ2) is 5.90. The molecular weight excluding hydrogens is 270 g/mol. The lowest BCUT2D eigenvalue weighted by atomic mass is 9.90. The number of nitrogens with zero attached hydrogens (tertiary/aromatic N) is 6. The molecule has 0 aliphatic carbocycles. The minimum absolute atomic E-state index is 0.540. The molecule has 0 aromatic carbocycles. The van der Waals surface area contributed by atoms with Gasteiger partial charge in [-0.3, -0.25) is 4.90 Å². The van der Waals surface area contributed by atoms with Gasteiger partial charge in [0.2, 0.25) is 0 Å². The van der Waals surface area contributed by atoms with Crippen molar-refractivity contribution in [3.8, 4) is 0 Å². The van der Waals surface area contributed by atoms with E-state index in [0.717, 1.165) is 31.8 Å². The Morgan fingerprint density at radius 2 is 2.38 bits per heavy atom. The molecule has 1 aliphatic rings. The van der Waals surface area contributed by atoms with Crippen molar-refractivity contribution < 1.29 is 5.11 Å². The van der Waals surface area contributed by atoms with E-state index in [9.17, 15) is 5.11 Å². The van der Waals surface area contributed by atoms with Crippen LogP contribution in [-0.4, -0.2) is 53.3 Å². The topological polar surface area (TPSA) is 95.8 Å². The quantitative estimate of drug-likeness (QED) is 0.822. The molecule has 1 atom stereocenters. The molecule has 0 unspecified atom stereocenters. The minimum atomic E-state index is -0.930. The van der Waals surface area contributed by atoms with E-state index in [2.05, 4.69) is 37.3 Å². The summed E-state index contributed by atoms with van der Waals surface area (Å²) in [6.07, 6.45) is 5.85. The van der Waals surface area contributed by atoms with Crippen LogP contribution in [0, 0.1) is 0 Å². The van der Waals surface area contributed by atoms with Crippen LogP contribution >= 0.6 is 0 Å². The van der Waals surface area contributed by atoms with Crippen LogP contribution in [0.2, 0.25) is 0 Å². The molecule has 114 valence electrons. The number of H-pyrrole nitrogens is 1. The summed E-state index contributed by atoms with van der Waals surface area (Å²) in [6.45, 7) is 5.17. The number of likely N-dealkylation sites (tertiary alicyclic amines) is 1. The van der Waals surface area contributed by atoms with Crippen LogP contribution in [0.25, 0.3) is 0 Å². The van der Waals surface area contributed by atoms with Gasteiger partial charge in [-0.2, -0.15) is 20.5 Å². The number of β-amino-alcohol motifs (C(OH)–C–C–N with tert-alkyl or cyclic N) is 1. The number of piperidine rings is 1. The Morgan fingerprint density at radius 3 is 3.14 bits per heavy atom. The highest BCUT2D eigenvalue weighted by Crippen LogP contribution is 2.30. The van der Waals surface area contributed by atoms with Gasteiger partial charge in [-0.15, -0.1) is 0 Å². The minimum Gasteiger partial charge on any atom is -0.382 e. The first-order valence-corrected chi connectivity index (χ1v) is 7.39. The van der Waals surface area contributed by atoms with Crippen LogP contribution in [0.3, 0.4) is 0 Å². The molecule has 0 amide bonds. The molecule has 8 nitrogen and oxygen atoms in total. The van der Waals surface area contributed by atoms with Gasteiger partial charge in [-0.25, -0.2) is 9.67 Å². The summed E-state index contributed by atoms with van der Waals surface area (Å²) in [4.78, 5) is 6.54. The number of aryl methyl sites for hydroxylation is 1. The Morgan fingerprint density at radius 1 is 1.48 bits per heavy atom. The van der Waals surface area contributed by atoms with E-state index in [-0.39, 0.29) is 0 Å². The summed E-state index contributed by atoms with van der Waals surface area (Å²) in [5.41, 5.74) is -0.317. The molecule has 3 rings (SSSR count). The molecule has 0 spiro atoms. The molecule has 3 heterocycles. The largest absolute Gasteiger partial charge is 0.382 e. The van der Waals surface area contributed by atoms with E-state index >= 15 is 0 Å². The molecule has 0 bridgehead atoms. The Hall–Kier alpha value is -1.80. The highest BCUT2D eigenvalue weighted by molar-refractivity contribution is 5.09. The average molecular weight is 291 g/mol. The van der Waals surface area contributed by atoms with Gasteiger partial charge in [-0.1, -0.05) is 6.92 Å². The predicted octanol–water partition coefficient (Wildman–Crippen LogP) is 0.290. The zero-order valence-electron chi connectivity index (χ0n) is 12.2. The highest BCUT2D eigenvalue weighted by atomic mass is 16.3. The highest BCUT2D eigenvalue weighted by Gasteiger charge is 2.37. The number of aliphatic hydroxyl groups is 1. The van der Waals surface area contributed by atoms with Crippen molar-refractivity contribution in [1.29, 1.82) is 0 Å². The predicted molar refractivity (Wildman–Crippen MR) is 75.1 cm³/mol. The number of aromatic nitrogens is 6. The number of hydrogen-bond acceptors (Lipinski definition) is 6. The smallest absolute Gasteiger partial charge is 0.141 e. The molecule has 1 aliphatic heterocycles. The van der Waals surface area contributed by atoms with E-state index in [4.69, 9.17) is 0 Å². The van der Waals surface area contributed by atoms with Gasteiger partial charge in [0.15, 0.2) is 0 Å². The molecule has 2 aromatic rings. The van der Waals surface area contributed by atoms with Crippen LogP contribution in [0.15, 0.2) is 12.5 Å². The zero-order chi connectivity index (χ0) is 14.7. The number of rotatable bonds is 5. The lowest BCUT2D eigenvalue weighted by Gasteiger charge is -2.37. The second-order valence-corrected chi connectivity index (χ2v) is 5.60. The third-order valence-electron chi connectivity index (χ3n) is 3.94. The van der Waals surface area contributed by atoms with Gasteiger partial charge in [0.1, 0.15) is 23.4 Å². The lowest BCUT2D eigenvalue weighted by Crippen LogP contribution is -2.46. The first kappa shape index (κ1) is 14.2. The molecule has 2 aromatic heterocycles. The van der Waals surface area contributed by atoms with Crippen LogP contribution in [0.1, 0.15) is 37.7 Å². The van der Waals surface area contributed by atoms with E-state index in [1.807, 2.05) is 4.68 Å². The Kier molecular flexibility index (Phi) is 3.98. The standard InChI is InChI=1S/C13H21N7O/c1-2-5-20-12(14-10-16-20)8-19-6-3-4-13(21,9-19)11-7-15-18-17-11/h7,10,21H,2-6,8-9H2,1H3,(H,15,17,18)/t13-/m1/s1. The maximum Gasteiger partial charge on any atom is 0.141 e. The van der Waals surface area contributed by atoms with Crippen molar-refractivity contribution in [3.05, 3.63) is 24.0 Å². The molecule has 2 N–H and O–H groups in total. The molecule has 0 radical (unpaired) electrons. The fourth-order valence-corrected chi connectivity index (χ4v) is 2.90. The number of nitrogens with one attached hydrogen (secondary N) is 1. The van der Waals surface area contributed by atoms with E-state index in [1.165, 1.54) is 0 Å². The van der Waals surface area contributed by atoms with E-state index < -0.39 is 5.60 Å². The van der Waals surface area contributed by atoms with Crippen molar-refractivity contribution >= 4 is 0 Å². The van der Waals surface area contributed by atoms with Crippen LogP contribution in [-0.2, 0) is 18.7 Å². The summed E-state index contributed by atoms with van der Waals surface area (Å²) in [7, 11) is 0. The van der Waals surface area contributed by atoms with Crippen molar-refractivity contribution in [3.63, 3.8) is 0 Å². The molecule has 1 fully saturated rings. The van der Waals surface area contributed by atoms with Crippen LogP contribution < -0.4 is 0 Å². The summed E-state index contributed by atoms with van der Waals surface area (Å²) in [5.74, 6) is 0.946. The fourth-order valence-electron chi connectivity index (χ4n) is 2.90. The average Bonchev–Trinajstić information content (AvgIpc) is 3.12. The molecule has 0 saturated carbocycles. The van der Waals surface area contributed by atoms with E-state index in [1.54, 1.807) is 12.5 Å². The van der Waals surface area contributed by atoms with Crippen molar-refractivity contribution in [2.24, 2.45) is 0 Å². The molecule has 8 heteroatoms. The van der Waals surface area contributed by atoms with Gasteiger partial charge in [0, 0.05) is 13.1 Å². The van der Waals surface area contributed by atoms with Crippen molar-refractivity contribution in [1.82, 2.24) is 35.1 Å². The maximum atomic E-state index is 10.8. The lowest BCUT2D eigenvalue weighted by molar-refractivity contribution is -0.0423. The van der Waals surface area contributed by atoms with E-state index in [0.29, 0.717) is 25.2 Å². The van der Waals surface area contributed by atoms with Gasteiger partial charge >= 0.3 is 0 Å². The summed E-state index contributed by atoms with van der Waals surface area (Å²) in [5, 5.41) is 25.5. The second-order valence-electron chi connectivity index (χ2n) is 5.60. The third kappa shape index (κ3) is 2.96. The van der Waals surface area contributed by atoms with Crippen LogP contribution in [0.4, 0.5) is 0 Å². The Labute approximate surface area is 123 Å². The first-order chi connectivity index (χ1) is 10.2. The Balaban J connectivity index is 1.70. The number of hydrogen-bond donors (Lipinski definition) is 2. The normalized spacial score (nSPS) is 23.5. The monoisotopic (exact) mass is 291 g/mol. The molecular formula is C13H21N7O. The maximum absolute atomic E-state index is 10.8. The van der Waals surface area contributed by atoms with Crippen molar-refractivity contribution in [2.45, 2.75) is 44.9 Å². The van der Waals surface area contributed by atoms with Gasteiger partial charge in [-0.05, 0) is 25.8 Å². The fraction of sp³-hybridized carbons (Fsp3) is 0.692. The number of aromatic amines is 1. The molecule has 1 saturated heterocycles. The van der Waals surface area contributed by atoms with Gasteiger partial charge < -0.3 is 5.11 Å². The van der Waals surface area contributed by atoms with Crippen molar-refractivity contribution in [2.75, 3.05) is 13.1 Å². The summed E-state index contributed by atoms with van der Waals surface area (Å²) in [6, 6.07) is 0. The third-order valence-corrected chi connectivity index (χ3v) is 3.94. The zero-order valence-corrected chi connectivity index (χ0v) is 12.2. The van der Waals surface area contributed by atoms with Gasteiger partial charge in [0.25, 0.3) is 0 Å². The molecule has 21 heavy (non-hydrogen) atoms. The van der Waals surface area contributed by atoms with Crippen LogP contribution in [0.5, 0.6) is 0 Å².